The van der Waals surface area contributed by atoms with Crippen molar-refractivity contribution in [1.82, 2.24) is 34.7 Å². The first-order valence-electron chi connectivity index (χ1n) is 12.8. The number of aromatic nitrogens is 5. The minimum atomic E-state index is -0.149. The summed E-state index contributed by atoms with van der Waals surface area (Å²) in [4.78, 5) is 32.9. The molecular formula is C29H33N7O. The largest absolute Gasteiger partial charge is 0.348 e. The molecule has 1 amide bonds. The van der Waals surface area contributed by atoms with Gasteiger partial charge in [-0.15, -0.1) is 0 Å². The van der Waals surface area contributed by atoms with E-state index in [1.165, 1.54) is 23.1 Å². The normalized spacial score (nSPS) is 15.0. The van der Waals surface area contributed by atoms with Gasteiger partial charge in [0.1, 0.15) is 12.2 Å². The van der Waals surface area contributed by atoms with Crippen LogP contribution in [0.4, 0.5) is 0 Å². The first-order valence-corrected chi connectivity index (χ1v) is 12.8. The second-order valence-corrected chi connectivity index (χ2v) is 9.73. The van der Waals surface area contributed by atoms with Gasteiger partial charge in [0.15, 0.2) is 0 Å². The van der Waals surface area contributed by atoms with E-state index in [2.05, 4.69) is 60.1 Å². The van der Waals surface area contributed by atoms with Gasteiger partial charge in [-0.05, 0) is 55.9 Å². The smallest absolute Gasteiger partial charge is 0.255 e. The average Bonchev–Trinajstić information content (AvgIpc) is 3.31. The van der Waals surface area contributed by atoms with Crippen molar-refractivity contribution < 1.29 is 4.79 Å². The Morgan fingerprint density at radius 1 is 1.00 bits per heavy atom. The third kappa shape index (κ3) is 5.59. The molecule has 0 spiro atoms. The molecule has 1 N–H and O–H groups in total. The number of amides is 1. The predicted molar refractivity (Wildman–Crippen MR) is 141 cm³/mol. The molecule has 190 valence electrons. The summed E-state index contributed by atoms with van der Waals surface area (Å²) < 4.78 is 2.09. The molecule has 5 rings (SSSR count). The van der Waals surface area contributed by atoms with Crippen LogP contribution >= 0.6 is 0 Å². The van der Waals surface area contributed by atoms with Gasteiger partial charge in [0, 0.05) is 38.7 Å². The maximum atomic E-state index is 12.7. The lowest BCUT2D eigenvalue weighted by atomic mass is 9.90. The lowest BCUT2D eigenvalue weighted by Crippen LogP contribution is -2.32. The van der Waals surface area contributed by atoms with Crippen molar-refractivity contribution in [3.05, 3.63) is 106 Å². The lowest BCUT2D eigenvalue weighted by molar-refractivity contribution is 0.0948. The highest BCUT2D eigenvalue weighted by atomic mass is 16.1. The summed E-state index contributed by atoms with van der Waals surface area (Å²) in [6, 6.07) is 13.0. The van der Waals surface area contributed by atoms with Gasteiger partial charge in [-0.3, -0.25) is 14.7 Å². The van der Waals surface area contributed by atoms with Crippen LogP contribution in [0.3, 0.4) is 0 Å². The maximum absolute atomic E-state index is 12.7. The van der Waals surface area contributed by atoms with Gasteiger partial charge in [0.25, 0.3) is 5.91 Å². The zero-order valence-electron chi connectivity index (χ0n) is 21.7. The van der Waals surface area contributed by atoms with Gasteiger partial charge in [-0.25, -0.2) is 15.0 Å². The molecule has 1 aliphatic carbocycles. The van der Waals surface area contributed by atoms with Crippen LogP contribution in [-0.4, -0.2) is 35.3 Å². The van der Waals surface area contributed by atoms with Crippen molar-refractivity contribution in [2.45, 2.75) is 58.8 Å². The highest BCUT2D eigenvalue weighted by Gasteiger charge is 2.28. The summed E-state index contributed by atoms with van der Waals surface area (Å²) in [6.45, 7) is 5.65. The molecule has 3 heterocycles. The second kappa shape index (κ2) is 11.0. The van der Waals surface area contributed by atoms with E-state index >= 15 is 0 Å². The minimum Gasteiger partial charge on any atom is -0.348 e. The molecule has 0 radical (unpaired) electrons. The number of nitrogens with zero attached hydrogens (tertiary/aromatic N) is 6. The highest BCUT2D eigenvalue weighted by Crippen LogP contribution is 2.34. The summed E-state index contributed by atoms with van der Waals surface area (Å²) >= 11 is 0. The van der Waals surface area contributed by atoms with E-state index in [0.29, 0.717) is 23.5 Å². The summed E-state index contributed by atoms with van der Waals surface area (Å²) in [5.41, 5.74) is 6.73. The van der Waals surface area contributed by atoms with E-state index in [1.807, 2.05) is 45.6 Å². The second-order valence-electron chi connectivity index (χ2n) is 9.73. The van der Waals surface area contributed by atoms with Crippen LogP contribution in [0.1, 0.15) is 68.8 Å². The van der Waals surface area contributed by atoms with E-state index in [4.69, 9.17) is 4.98 Å². The molecule has 8 nitrogen and oxygen atoms in total. The fourth-order valence-corrected chi connectivity index (χ4v) is 5.14. The summed E-state index contributed by atoms with van der Waals surface area (Å²) in [7, 11) is 2.04. The molecule has 1 atom stereocenters. The Hall–Kier alpha value is -3.91. The third-order valence-corrected chi connectivity index (χ3v) is 7.19. The van der Waals surface area contributed by atoms with Crippen molar-refractivity contribution >= 4 is 5.91 Å². The molecule has 0 aliphatic heterocycles. The summed E-state index contributed by atoms with van der Waals surface area (Å²) in [5, 5.41) is 3.01. The molecular weight excluding hydrogens is 462 g/mol. The topological polar surface area (TPSA) is 88.8 Å². The Kier molecular flexibility index (Phi) is 7.37. The van der Waals surface area contributed by atoms with Crippen LogP contribution in [0.2, 0.25) is 0 Å². The molecule has 1 unspecified atom stereocenters. The molecule has 1 aliphatic rings. The van der Waals surface area contributed by atoms with Crippen LogP contribution in [0, 0.1) is 13.8 Å². The van der Waals surface area contributed by atoms with Gasteiger partial charge in [-0.1, -0.05) is 30.3 Å². The van der Waals surface area contributed by atoms with Crippen LogP contribution < -0.4 is 5.32 Å². The molecule has 8 heteroatoms. The Bertz CT molecular complexity index is 1360. The van der Waals surface area contributed by atoms with E-state index in [0.717, 1.165) is 43.7 Å². The number of hydrogen-bond donors (Lipinski definition) is 1. The predicted octanol–water partition coefficient (Wildman–Crippen LogP) is 4.23. The fourth-order valence-electron chi connectivity index (χ4n) is 5.14. The van der Waals surface area contributed by atoms with E-state index in [-0.39, 0.29) is 11.9 Å². The summed E-state index contributed by atoms with van der Waals surface area (Å²) in [5.74, 6) is 0.891. The number of hydrogen-bond acceptors (Lipinski definition) is 6. The van der Waals surface area contributed by atoms with Crippen molar-refractivity contribution in [3.8, 4) is 0 Å². The molecule has 0 bridgehead atoms. The molecule has 0 saturated carbocycles. The monoisotopic (exact) mass is 495 g/mol. The van der Waals surface area contributed by atoms with Gasteiger partial charge >= 0.3 is 0 Å². The Morgan fingerprint density at radius 3 is 2.49 bits per heavy atom. The van der Waals surface area contributed by atoms with Crippen LogP contribution in [0.25, 0.3) is 0 Å². The molecule has 0 saturated heterocycles. The number of rotatable bonds is 8. The number of aryl methyl sites for hydroxylation is 4. The molecule has 0 fully saturated rings. The minimum absolute atomic E-state index is 0.149. The van der Waals surface area contributed by atoms with Crippen molar-refractivity contribution in [2.75, 3.05) is 0 Å². The summed E-state index contributed by atoms with van der Waals surface area (Å²) in [6.07, 6.45) is 10.6. The fraction of sp³-hybridized carbons (Fsp3) is 0.345. The van der Waals surface area contributed by atoms with E-state index < -0.39 is 0 Å². The SMILES string of the molecule is Cc1ncnc(C)c1C(=O)NCc1ccc(CN(Cc2nccn2C)C2CCCc3cccnc32)cc1. The first kappa shape index (κ1) is 24.8. The molecule has 4 aromatic rings. The Labute approximate surface area is 217 Å². The van der Waals surface area contributed by atoms with Crippen molar-refractivity contribution in [3.63, 3.8) is 0 Å². The number of imidazole rings is 1. The zero-order valence-corrected chi connectivity index (χ0v) is 21.7. The quantitative estimate of drug-likeness (QED) is 0.394. The number of fused-ring (bicyclic) bond motifs is 1. The van der Waals surface area contributed by atoms with E-state index in [9.17, 15) is 4.79 Å². The van der Waals surface area contributed by atoms with Crippen molar-refractivity contribution in [1.29, 1.82) is 0 Å². The van der Waals surface area contributed by atoms with Crippen molar-refractivity contribution in [2.24, 2.45) is 7.05 Å². The zero-order chi connectivity index (χ0) is 25.8. The number of carbonyl (C=O) groups is 1. The maximum Gasteiger partial charge on any atom is 0.255 e. The van der Waals surface area contributed by atoms with E-state index in [1.54, 1.807) is 0 Å². The third-order valence-electron chi connectivity index (χ3n) is 7.19. The lowest BCUT2D eigenvalue weighted by Gasteiger charge is -2.35. The van der Waals surface area contributed by atoms with Gasteiger partial charge in [0.05, 0.1) is 35.2 Å². The Morgan fingerprint density at radius 2 is 1.76 bits per heavy atom. The van der Waals surface area contributed by atoms with Crippen LogP contribution in [0.15, 0.2) is 61.3 Å². The van der Waals surface area contributed by atoms with Gasteiger partial charge < -0.3 is 9.88 Å². The van der Waals surface area contributed by atoms with Gasteiger partial charge in [-0.2, -0.15) is 0 Å². The number of nitrogens with one attached hydrogen (secondary N) is 1. The standard InChI is InChI=1S/C29H33N7O/c1-20-27(21(2)34-19-33-20)29(37)32-16-22-9-11-23(12-10-22)17-36(18-26-30-14-15-35(26)3)25-8-4-6-24-7-5-13-31-28(24)25/h5,7,9-15,19,25H,4,6,8,16-18H2,1-3H3,(H,32,37). The number of carbonyl (C=O) groups excluding carboxylic acids is 1. The molecule has 37 heavy (non-hydrogen) atoms. The first-order chi connectivity index (χ1) is 18.0. The highest BCUT2D eigenvalue weighted by molar-refractivity contribution is 5.96. The number of pyridine rings is 1. The molecule has 1 aromatic carbocycles. The average molecular weight is 496 g/mol. The van der Waals surface area contributed by atoms with Gasteiger partial charge in [0.2, 0.25) is 0 Å². The van der Waals surface area contributed by atoms with Crippen LogP contribution in [0.5, 0.6) is 0 Å². The van der Waals surface area contributed by atoms with Crippen LogP contribution in [-0.2, 0) is 33.1 Å². The molecule has 3 aromatic heterocycles. The Balaban J connectivity index is 1.30. The number of benzene rings is 1.